The number of furan rings is 1. The molecule has 1 saturated heterocycles. The molecule has 0 bridgehead atoms. The lowest BCUT2D eigenvalue weighted by Gasteiger charge is -2.19. The SMILES string of the molecule is O=C(Nc1ccc(N2CCCC2)c(Cl)c1)c1ccc(-c2cccc(Cl)c2)o1. The molecule has 27 heavy (non-hydrogen) atoms. The van der Waals surface area contributed by atoms with Gasteiger partial charge in [-0.05, 0) is 55.3 Å². The zero-order valence-corrected chi connectivity index (χ0v) is 16.1. The topological polar surface area (TPSA) is 45.5 Å². The van der Waals surface area contributed by atoms with E-state index in [1.165, 1.54) is 12.8 Å². The number of anilines is 2. The minimum atomic E-state index is -0.326. The predicted octanol–water partition coefficient (Wildman–Crippen LogP) is 6.11. The zero-order valence-electron chi connectivity index (χ0n) is 14.5. The molecule has 1 fully saturated rings. The number of nitrogens with one attached hydrogen (secondary N) is 1. The molecule has 4 nitrogen and oxygen atoms in total. The molecule has 1 aliphatic heterocycles. The van der Waals surface area contributed by atoms with Crippen molar-refractivity contribution in [1.29, 1.82) is 0 Å². The fourth-order valence-corrected chi connectivity index (χ4v) is 3.74. The Morgan fingerprint density at radius 2 is 1.81 bits per heavy atom. The van der Waals surface area contributed by atoms with E-state index in [4.69, 9.17) is 27.6 Å². The Hall–Kier alpha value is -2.43. The monoisotopic (exact) mass is 400 g/mol. The Balaban J connectivity index is 1.48. The molecule has 3 aromatic rings. The first kappa shape index (κ1) is 18.0. The number of rotatable bonds is 4. The van der Waals surface area contributed by atoms with Gasteiger partial charge in [-0.25, -0.2) is 0 Å². The number of halogens is 2. The Labute approximate surface area is 167 Å². The molecule has 2 aromatic carbocycles. The molecule has 6 heteroatoms. The largest absolute Gasteiger partial charge is 0.451 e. The van der Waals surface area contributed by atoms with Gasteiger partial charge in [0.15, 0.2) is 5.76 Å². The van der Waals surface area contributed by atoms with Gasteiger partial charge in [-0.15, -0.1) is 0 Å². The third kappa shape index (κ3) is 3.97. The molecule has 1 N–H and O–H groups in total. The van der Waals surface area contributed by atoms with E-state index in [1.807, 2.05) is 24.3 Å². The molecule has 0 spiro atoms. The van der Waals surface area contributed by atoms with Crippen molar-refractivity contribution >= 4 is 40.5 Å². The van der Waals surface area contributed by atoms with Crippen LogP contribution in [0.25, 0.3) is 11.3 Å². The quantitative estimate of drug-likeness (QED) is 0.574. The third-order valence-corrected chi connectivity index (χ3v) is 5.13. The first-order valence-electron chi connectivity index (χ1n) is 8.82. The summed E-state index contributed by atoms with van der Waals surface area (Å²) >= 11 is 12.4. The standard InChI is InChI=1S/C21H18Cl2N2O2/c22-15-5-3-4-14(12-15)19-8-9-20(27-19)21(26)24-16-6-7-18(17(23)13-16)25-10-1-2-11-25/h3-9,12-13H,1-2,10-11H2,(H,24,26). The second-order valence-corrected chi connectivity index (χ2v) is 7.33. The molecular formula is C21H18Cl2N2O2. The molecule has 138 valence electrons. The van der Waals surface area contributed by atoms with Gasteiger partial charge in [0.1, 0.15) is 5.76 Å². The van der Waals surface area contributed by atoms with Crippen molar-refractivity contribution in [2.24, 2.45) is 0 Å². The zero-order chi connectivity index (χ0) is 18.8. The van der Waals surface area contributed by atoms with Crippen LogP contribution in [0, 0.1) is 0 Å². The van der Waals surface area contributed by atoms with Crippen LogP contribution in [0.15, 0.2) is 59.0 Å². The number of amides is 1. The molecule has 0 saturated carbocycles. The van der Waals surface area contributed by atoms with Gasteiger partial charge in [0, 0.05) is 29.4 Å². The van der Waals surface area contributed by atoms with E-state index >= 15 is 0 Å². The number of benzene rings is 2. The van der Waals surface area contributed by atoms with Crippen molar-refractivity contribution in [3.63, 3.8) is 0 Å². The van der Waals surface area contributed by atoms with Crippen molar-refractivity contribution in [1.82, 2.24) is 0 Å². The van der Waals surface area contributed by atoms with Gasteiger partial charge >= 0.3 is 0 Å². The molecular weight excluding hydrogens is 383 g/mol. The second-order valence-electron chi connectivity index (χ2n) is 6.49. The first-order chi connectivity index (χ1) is 13.1. The van der Waals surface area contributed by atoms with Crippen LogP contribution in [0.1, 0.15) is 23.4 Å². The van der Waals surface area contributed by atoms with E-state index in [1.54, 1.807) is 30.3 Å². The molecule has 4 rings (SSSR count). The van der Waals surface area contributed by atoms with Crippen LogP contribution >= 0.6 is 23.2 Å². The maximum absolute atomic E-state index is 12.5. The van der Waals surface area contributed by atoms with Crippen molar-refractivity contribution in [2.75, 3.05) is 23.3 Å². The van der Waals surface area contributed by atoms with Crippen molar-refractivity contribution in [3.8, 4) is 11.3 Å². The summed E-state index contributed by atoms with van der Waals surface area (Å²) in [7, 11) is 0. The Morgan fingerprint density at radius 3 is 2.56 bits per heavy atom. The van der Waals surface area contributed by atoms with Gasteiger partial charge < -0.3 is 14.6 Å². The smallest absolute Gasteiger partial charge is 0.291 e. The molecule has 1 aliphatic rings. The lowest BCUT2D eigenvalue weighted by atomic mass is 10.2. The highest BCUT2D eigenvalue weighted by Crippen LogP contribution is 2.31. The average molecular weight is 401 g/mol. The maximum Gasteiger partial charge on any atom is 0.291 e. The number of carbonyl (C=O) groups excluding carboxylic acids is 1. The highest BCUT2D eigenvalue weighted by Gasteiger charge is 2.17. The molecule has 0 atom stereocenters. The molecule has 1 aromatic heterocycles. The average Bonchev–Trinajstić information content (AvgIpc) is 3.34. The summed E-state index contributed by atoms with van der Waals surface area (Å²) in [6, 6.07) is 16.3. The summed E-state index contributed by atoms with van der Waals surface area (Å²) in [5.41, 5.74) is 2.46. The van der Waals surface area contributed by atoms with E-state index in [9.17, 15) is 4.79 Å². The van der Waals surface area contributed by atoms with Crippen LogP contribution in [0.4, 0.5) is 11.4 Å². The Kier molecular flexibility index (Phi) is 5.10. The normalized spacial score (nSPS) is 13.8. The maximum atomic E-state index is 12.5. The van der Waals surface area contributed by atoms with Crippen molar-refractivity contribution in [2.45, 2.75) is 12.8 Å². The molecule has 0 aliphatic carbocycles. The minimum Gasteiger partial charge on any atom is -0.451 e. The second kappa shape index (κ2) is 7.67. The first-order valence-corrected chi connectivity index (χ1v) is 9.57. The number of carbonyl (C=O) groups is 1. The van der Waals surface area contributed by atoms with Crippen LogP contribution in [0.3, 0.4) is 0 Å². The van der Waals surface area contributed by atoms with E-state index in [-0.39, 0.29) is 11.7 Å². The minimum absolute atomic E-state index is 0.227. The van der Waals surface area contributed by atoms with Gasteiger partial charge in [-0.1, -0.05) is 35.3 Å². The summed E-state index contributed by atoms with van der Waals surface area (Å²) in [5.74, 6) is 0.489. The van der Waals surface area contributed by atoms with E-state index in [0.29, 0.717) is 21.5 Å². The summed E-state index contributed by atoms with van der Waals surface area (Å²) < 4.78 is 5.68. The third-order valence-electron chi connectivity index (χ3n) is 4.59. The van der Waals surface area contributed by atoms with E-state index in [2.05, 4.69) is 10.2 Å². The van der Waals surface area contributed by atoms with Crippen LogP contribution in [-0.4, -0.2) is 19.0 Å². The molecule has 0 unspecified atom stereocenters. The van der Waals surface area contributed by atoms with Gasteiger partial charge in [-0.2, -0.15) is 0 Å². The van der Waals surface area contributed by atoms with Crippen LogP contribution in [0.2, 0.25) is 10.0 Å². The van der Waals surface area contributed by atoms with Crippen molar-refractivity contribution < 1.29 is 9.21 Å². The fourth-order valence-electron chi connectivity index (χ4n) is 3.25. The lowest BCUT2D eigenvalue weighted by molar-refractivity contribution is 0.0997. The Bertz CT molecular complexity index is 978. The molecule has 0 radical (unpaired) electrons. The predicted molar refractivity (Wildman–Crippen MR) is 110 cm³/mol. The van der Waals surface area contributed by atoms with Crippen LogP contribution in [-0.2, 0) is 0 Å². The number of hydrogen-bond donors (Lipinski definition) is 1. The van der Waals surface area contributed by atoms with E-state index in [0.717, 1.165) is 24.3 Å². The van der Waals surface area contributed by atoms with Crippen molar-refractivity contribution in [3.05, 3.63) is 70.4 Å². The Morgan fingerprint density at radius 1 is 1.00 bits per heavy atom. The van der Waals surface area contributed by atoms with E-state index < -0.39 is 0 Å². The number of hydrogen-bond acceptors (Lipinski definition) is 3. The number of nitrogens with zero attached hydrogens (tertiary/aromatic N) is 1. The van der Waals surface area contributed by atoms with Gasteiger partial charge in [0.25, 0.3) is 5.91 Å². The summed E-state index contributed by atoms with van der Waals surface area (Å²) in [6.45, 7) is 2.04. The van der Waals surface area contributed by atoms with Gasteiger partial charge in [0.05, 0.1) is 10.7 Å². The highest BCUT2D eigenvalue weighted by atomic mass is 35.5. The summed E-state index contributed by atoms with van der Waals surface area (Å²) in [5, 5.41) is 4.08. The highest BCUT2D eigenvalue weighted by molar-refractivity contribution is 6.33. The molecule has 2 heterocycles. The summed E-state index contributed by atoms with van der Waals surface area (Å²) in [4.78, 5) is 14.8. The summed E-state index contributed by atoms with van der Waals surface area (Å²) in [6.07, 6.45) is 2.37. The van der Waals surface area contributed by atoms with Gasteiger partial charge in [0.2, 0.25) is 0 Å². The molecule has 1 amide bonds. The fraction of sp³-hybridized carbons (Fsp3) is 0.190. The van der Waals surface area contributed by atoms with Gasteiger partial charge in [-0.3, -0.25) is 4.79 Å². The lowest BCUT2D eigenvalue weighted by Crippen LogP contribution is -2.18. The van der Waals surface area contributed by atoms with Crippen LogP contribution < -0.4 is 10.2 Å². The van der Waals surface area contributed by atoms with Crippen LogP contribution in [0.5, 0.6) is 0 Å².